The fourth-order valence-corrected chi connectivity index (χ4v) is 3.24. The van der Waals surface area contributed by atoms with E-state index < -0.39 is 6.04 Å². The molecule has 0 heterocycles. The van der Waals surface area contributed by atoms with Gasteiger partial charge >= 0.3 is 0 Å². The Balaban J connectivity index is 2.35. The van der Waals surface area contributed by atoms with Crippen molar-refractivity contribution in [1.29, 1.82) is 0 Å². The lowest BCUT2D eigenvalue weighted by atomic mass is 10.0. The van der Waals surface area contributed by atoms with Gasteiger partial charge in [-0.15, -0.1) is 0 Å². The molecule has 2 rings (SSSR count). The Morgan fingerprint density at radius 3 is 2.32 bits per heavy atom. The molecule has 0 radical (unpaired) electrons. The predicted octanol–water partition coefficient (Wildman–Crippen LogP) is 4.60. The van der Waals surface area contributed by atoms with Crippen LogP contribution in [0.1, 0.15) is 44.7 Å². The van der Waals surface area contributed by atoms with E-state index in [1.54, 1.807) is 11.0 Å². The summed E-state index contributed by atoms with van der Waals surface area (Å²) in [4.78, 5) is 27.6. The van der Waals surface area contributed by atoms with Gasteiger partial charge in [0.1, 0.15) is 6.04 Å². The van der Waals surface area contributed by atoms with E-state index in [1.807, 2.05) is 69.3 Å². The molecule has 2 aromatic rings. The van der Waals surface area contributed by atoms with Gasteiger partial charge in [-0.05, 0) is 36.6 Å². The van der Waals surface area contributed by atoms with Gasteiger partial charge in [0.2, 0.25) is 11.8 Å². The van der Waals surface area contributed by atoms with Gasteiger partial charge in [-0.25, -0.2) is 0 Å². The summed E-state index contributed by atoms with van der Waals surface area (Å²) in [7, 11) is 0. The van der Waals surface area contributed by atoms with Crippen LogP contribution >= 0.6 is 11.6 Å². The van der Waals surface area contributed by atoms with Crippen molar-refractivity contribution < 1.29 is 9.59 Å². The highest BCUT2D eigenvalue weighted by molar-refractivity contribution is 6.30. The zero-order valence-corrected chi connectivity index (χ0v) is 17.6. The van der Waals surface area contributed by atoms with Crippen molar-refractivity contribution in [3.63, 3.8) is 0 Å². The molecular weight excluding hydrogens is 372 g/mol. The van der Waals surface area contributed by atoms with Crippen LogP contribution in [0, 0.1) is 0 Å². The molecule has 2 aromatic carbocycles. The third kappa shape index (κ3) is 6.38. The summed E-state index contributed by atoms with van der Waals surface area (Å²) < 4.78 is 0. The van der Waals surface area contributed by atoms with Gasteiger partial charge in [0, 0.05) is 30.5 Å². The number of rotatable bonds is 9. The average molecular weight is 401 g/mol. The number of amides is 2. The minimum atomic E-state index is -0.581. The zero-order valence-electron chi connectivity index (χ0n) is 16.8. The average Bonchev–Trinajstić information content (AvgIpc) is 2.70. The van der Waals surface area contributed by atoms with Crippen molar-refractivity contribution in [2.45, 2.75) is 58.7 Å². The highest BCUT2D eigenvalue weighted by Crippen LogP contribution is 2.18. The van der Waals surface area contributed by atoms with Crippen LogP contribution in [0.2, 0.25) is 5.02 Å². The number of benzene rings is 2. The molecule has 4 nitrogen and oxygen atoms in total. The summed E-state index contributed by atoms with van der Waals surface area (Å²) in [5.41, 5.74) is 1.93. The normalized spacial score (nSPS) is 12.9. The van der Waals surface area contributed by atoms with E-state index in [0.717, 1.165) is 17.5 Å². The van der Waals surface area contributed by atoms with Crippen LogP contribution in [0.3, 0.4) is 0 Å². The number of nitrogens with zero attached hydrogens (tertiary/aromatic N) is 1. The van der Waals surface area contributed by atoms with Crippen molar-refractivity contribution in [1.82, 2.24) is 10.2 Å². The minimum absolute atomic E-state index is 0.0514. The first-order valence-electron chi connectivity index (χ1n) is 9.82. The molecule has 0 spiro atoms. The molecule has 0 aromatic heterocycles. The summed E-state index contributed by atoms with van der Waals surface area (Å²) >= 11 is 6.12. The van der Waals surface area contributed by atoms with Gasteiger partial charge in [0.15, 0.2) is 0 Å². The zero-order chi connectivity index (χ0) is 20.5. The van der Waals surface area contributed by atoms with Crippen molar-refractivity contribution in [3.8, 4) is 0 Å². The van der Waals surface area contributed by atoms with E-state index >= 15 is 0 Å². The topological polar surface area (TPSA) is 49.4 Å². The third-order valence-corrected chi connectivity index (χ3v) is 5.05. The molecule has 0 unspecified atom stereocenters. The Morgan fingerprint density at radius 1 is 1.04 bits per heavy atom. The molecular formula is C23H29ClN2O2. The SMILES string of the molecule is CCC(=O)N(Cc1cccc(Cl)c1)[C@H](Cc1ccccc1)C(=O)N[C@H](C)CC. The van der Waals surface area contributed by atoms with Crippen LogP contribution in [-0.4, -0.2) is 28.8 Å². The molecule has 28 heavy (non-hydrogen) atoms. The number of carbonyl (C=O) groups excluding carboxylic acids is 2. The highest BCUT2D eigenvalue weighted by Gasteiger charge is 2.30. The maximum absolute atomic E-state index is 13.1. The maximum atomic E-state index is 13.1. The molecule has 0 aliphatic rings. The van der Waals surface area contributed by atoms with Crippen molar-refractivity contribution in [3.05, 3.63) is 70.7 Å². The Kier molecular flexibility index (Phi) is 8.52. The van der Waals surface area contributed by atoms with Gasteiger partial charge in [-0.1, -0.05) is 67.9 Å². The Labute approximate surface area is 172 Å². The van der Waals surface area contributed by atoms with Crippen molar-refractivity contribution in [2.75, 3.05) is 0 Å². The lowest BCUT2D eigenvalue weighted by molar-refractivity contribution is -0.141. The lowest BCUT2D eigenvalue weighted by Crippen LogP contribution is -2.52. The largest absolute Gasteiger partial charge is 0.352 e. The second kappa shape index (κ2) is 10.9. The van der Waals surface area contributed by atoms with Crippen molar-refractivity contribution in [2.24, 2.45) is 0 Å². The summed E-state index contributed by atoms with van der Waals surface area (Å²) in [6.45, 7) is 6.16. The van der Waals surface area contributed by atoms with Gasteiger partial charge in [-0.3, -0.25) is 9.59 Å². The second-order valence-corrected chi connectivity index (χ2v) is 7.46. The van der Waals surface area contributed by atoms with Crippen LogP contribution in [0.15, 0.2) is 54.6 Å². The van der Waals surface area contributed by atoms with Crippen LogP contribution in [0.4, 0.5) is 0 Å². The summed E-state index contributed by atoms with van der Waals surface area (Å²) in [5, 5.41) is 3.66. The Hall–Kier alpha value is -2.33. The smallest absolute Gasteiger partial charge is 0.243 e. The molecule has 0 aliphatic heterocycles. The molecule has 1 N–H and O–H groups in total. The number of halogens is 1. The van der Waals surface area contributed by atoms with Gasteiger partial charge in [0.05, 0.1) is 0 Å². The minimum Gasteiger partial charge on any atom is -0.352 e. The number of hydrogen-bond acceptors (Lipinski definition) is 2. The van der Waals surface area contributed by atoms with E-state index in [-0.39, 0.29) is 17.9 Å². The molecule has 0 saturated carbocycles. The highest BCUT2D eigenvalue weighted by atomic mass is 35.5. The van der Waals surface area contributed by atoms with Crippen LogP contribution in [-0.2, 0) is 22.6 Å². The predicted molar refractivity (Wildman–Crippen MR) is 114 cm³/mol. The first kappa shape index (κ1) is 22.0. The third-order valence-electron chi connectivity index (χ3n) is 4.82. The second-order valence-electron chi connectivity index (χ2n) is 7.03. The fourth-order valence-electron chi connectivity index (χ4n) is 3.03. The van der Waals surface area contributed by atoms with Gasteiger partial charge in [0.25, 0.3) is 0 Å². The van der Waals surface area contributed by atoms with E-state index in [4.69, 9.17) is 11.6 Å². The molecule has 0 bridgehead atoms. The maximum Gasteiger partial charge on any atom is 0.243 e. The van der Waals surface area contributed by atoms with Crippen LogP contribution in [0.25, 0.3) is 0 Å². The number of hydrogen-bond donors (Lipinski definition) is 1. The summed E-state index contributed by atoms with van der Waals surface area (Å²) in [6, 6.07) is 16.7. The Bertz CT molecular complexity index is 779. The first-order chi connectivity index (χ1) is 13.4. The van der Waals surface area contributed by atoms with E-state index in [0.29, 0.717) is 24.4 Å². The van der Waals surface area contributed by atoms with Crippen LogP contribution < -0.4 is 5.32 Å². The van der Waals surface area contributed by atoms with Crippen molar-refractivity contribution >= 4 is 23.4 Å². The van der Waals surface area contributed by atoms with Crippen LogP contribution in [0.5, 0.6) is 0 Å². The Morgan fingerprint density at radius 2 is 1.71 bits per heavy atom. The molecule has 0 saturated heterocycles. The molecule has 150 valence electrons. The van der Waals surface area contributed by atoms with E-state index in [1.165, 1.54) is 0 Å². The number of carbonyl (C=O) groups is 2. The molecule has 5 heteroatoms. The summed E-state index contributed by atoms with van der Waals surface area (Å²) in [5.74, 6) is -0.178. The monoisotopic (exact) mass is 400 g/mol. The summed E-state index contributed by atoms with van der Waals surface area (Å²) in [6.07, 6.45) is 1.64. The molecule has 2 atom stereocenters. The lowest BCUT2D eigenvalue weighted by Gasteiger charge is -2.32. The standard InChI is InChI=1S/C23H29ClN2O2/c1-4-17(3)25-23(28)21(15-18-10-7-6-8-11-18)26(22(27)5-2)16-19-12-9-13-20(24)14-19/h6-14,17,21H,4-5,15-16H2,1-3H3,(H,25,28)/t17-,21-/m1/s1. The molecule has 0 fully saturated rings. The number of nitrogens with one attached hydrogen (secondary N) is 1. The quantitative estimate of drug-likeness (QED) is 0.668. The first-order valence-corrected chi connectivity index (χ1v) is 10.2. The van der Waals surface area contributed by atoms with Gasteiger partial charge < -0.3 is 10.2 Å². The van der Waals surface area contributed by atoms with E-state index in [9.17, 15) is 9.59 Å². The fraction of sp³-hybridized carbons (Fsp3) is 0.391. The van der Waals surface area contributed by atoms with Gasteiger partial charge in [-0.2, -0.15) is 0 Å². The van der Waals surface area contributed by atoms with E-state index in [2.05, 4.69) is 5.32 Å². The molecule has 0 aliphatic carbocycles. The molecule has 2 amide bonds.